The van der Waals surface area contributed by atoms with E-state index in [1.807, 2.05) is 6.92 Å². The SMILES string of the molecule is CCOc1cc(/C=C2/SC(=N)N(c3nonc3-n3cccc3)C2=O)ccc1O. The number of ether oxygens (including phenoxy) is 1. The lowest BCUT2D eigenvalue weighted by molar-refractivity contribution is -0.113. The minimum Gasteiger partial charge on any atom is -0.504 e. The summed E-state index contributed by atoms with van der Waals surface area (Å²) in [5.41, 5.74) is 0.663. The molecule has 10 heteroatoms. The first-order valence-corrected chi connectivity index (χ1v) is 9.14. The van der Waals surface area contributed by atoms with Crippen molar-refractivity contribution < 1.29 is 19.3 Å². The number of aromatic hydroxyl groups is 1. The number of anilines is 1. The van der Waals surface area contributed by atoms with Crippen LogP contribution in [0.2, 0.25) is 0 Å². The van der Waals surface area contributed by atoms with E-state index < -0.39 is 5.91 Å². The number of rotatable bonds is 5. The number of nitrogens with one attached hydrogen (secondary N) is 1. The Hall–Kier alpha value is -3.53. The van der Waals surface area contributed by atoms with Gasteiger partial charge in [-0.2, -0.15) is 0 Å². The maximum atomic E-state index is 12.9. The molecule has 1 saturated heterocycles. The molecule has 2 aromatic heterocycles. The molecule has 1 aliphatic rings. The molecule has 1 aliphatic heterocycles. The lowest BCUT2D eigenvalue weighted by atomic mass is 10.2. The van der Waals surface area contributed by atoms with Crippen molar-refractivity contribution in [3.63, 3.8) is 0 Å². The molecule has 2 N–H and O–H groups in total. The van der Waals surface area contributed by atoms with Gasteiger partial charge in [0.15, 0.2) is 16.7 Å². The van der Waals surface area contributed by atoms with Crippen molar-refractivity contribution in [2.45, 2.75) is 6.92 Å². The minimum absolute atomic E-state index is 0.0100. The zero-order valence-electron chi connectivity index (χ0n) is 14.7. The summed E-state index contributed by atoms with van der Waals surface area (Å²) in [4.78, 5) is 14.4. The molecule has 1 fully saturated rings. The van der Waals surface area contributed by atoms with E-state index >= 15 is 0 Å². The van der Waals surface area contributed by atoms with Crippen molar-refractivity contribution >= 4 is 34.7 Å². The van der Waals surface area contributed by atoms with Gasteiger partial charge < -0.3 is 14.4 Å². The molecule has 1 amide bonds. The van der Waals surface area contributed by atoms with E-state index in [0.717, 1.165) is 16.7 Å². The zero-order chi connectivity index (χ0) is 19.7. The molecule has 1 aromatic carbocycles. The molecule has 0 bridgehead atoms. The maximum Gasteiger partial charge on any atom is 0.272 e. The van der Waals surface area contributed by atoms with Crippen molar-refractivity contribution in [1.29, 1.82) is 5.41 Å². The second-order valence-electron chi connectivity index (χ2n) is 5.72. The number of hydrogen-bond donors (Lipinski definition) is 2. The fourth-order valence-electron chi connectivity index (χ4n) is 2.68. The Labute approximate surface area is 163 Å². The summed E-state index contributed by atoms with van der Waals surface area (Å²) >= 11 is 1.00. The second kappa shape index (κ2) is 7.24. The van der Waals surface area contributed by atoms with Crippen LogP contribution in [-0.2, 0) is 4.79 Å². The summed E-state index contributed by atoms with van der Waals surface area (Å²) in [5, 5.41) is 25.7. The lowest BCUT2D eigenvalue weighted by Crippen LogP contribution is -2.29. The average molecular weight is 397 g/mol. The van der Waals surface area contributed by atoms with Gasteiger partial charge in [0.1, 0.15) is 0 Å². The Bertz CT molecular complexity index is 1070. The number of amides is 1. The first kappa shape index (κ1) is 17.9. The number of aromatic nitrogens is 3. The number of phenols is 1. The molecule has 0 aliphatic carbocycles. The largest absolute Gasteiger partial charge is 0.504 e. The van der Waals surface area contributed by atoms with E-state index in [0.29, 0.717) is 28.6 Å². The van der Waals surface area contributed by atoms with Crippen molar-refractivity contribution in [2.75, 3.05) is 11.5 Å². The Kier molecular flexibility index (Phi) is 4.62. The topological polar surface area (TPSA) is 117 Å². The van der Waals surface area contributed by atoms with Crippen molar-refractivity contribution in [2.24, 2.45) is 0 Å². The van der Waals surface area contributed by atoms with E-state index in [2.05, 4.69) is 10.3 Å². The molecule has 142 valence electrons. The molecule has 0 saturated carbocycles. The van der Waals surface area contributed by atoms with Crippen molar-refractivity contribution in [3.05, 3.63) is 53.2 Å². The summed E-state index contributed by atoms with van der Waals surface area (Å²) in [6, 6.07) is 8.39. The Morgan fingerprint density at radius 1 is 1.29 bits per heavy atom. The predicted octanol–water partition coefficient (Wildman–Crippen LogP) is 3.02. The number of carbonyl (C=O) groups excluding carboxylic acids is 1. The van der Waals surface area contributed by atoms with Gasteiger partial charge in [0.25, 0.3) is 5.91 Å². The molecule has 28 heavy (non-hydrogen) atoms. The first-order valence-electron chi connectivity index (χ1n) is 8.32. The Morgan fingerprint density at radius 3 is 2.79 bits per heavy atom. The summed E-state index contributed by atoms with van der Waals surface area (Å²) in [6.45, 7) is 2.22. The third-order valence-corrected chi connectivity index (χ3v) is 4.81. The lowest BCUT2D eigenvalue weighted by Gasteiger charge is -2.11. The molecule has 3 aromatic rings. The van der Waals surface area contributed by atoms with E-state index in [9.17, 15) is 9.90 Å². The predicted molar refractivity (Wildman–Crippen MR) is 104 cm³/mol. The van der Waals surface area contributed by atoms with Crippen LogP contribution in [0.15, 0.2) is 52.3 Å². The van der Waals surface area contributed by atoms with Crippen LogP contribution in [0.3, 0.4) is 0 Å². The van der Waals surface area contributed by atoms with Gasteiger partial charge in [-0.1, -0.05) is 6.07 Å². The standard InChI is InChI=1S/C18H15N5O4S/c1-2-26-13-9-11(5-6-12(13)24)10-14-17(25)23(18(19)28-14)16-15(20-27-21-16)22-7-3-4-8-22/h3-10,19,24H,2H2,1H3/b14-10+,19-18?. The van der Waals surface area contributed by atoms with Gasteiger partial charge in [-0.15, -0.1) is 0 Å². The van der Waals surface area contributed by atoms with Crippen LogP contribution in [0.5, 0.6) is 11.5 Å². The van der Waals surface area contributed by atoms with E-state index in [4.69, 9.17) is 14.8 Å². The van der Waals surface area contributed by atoms with Gasteiger partial charge in [-0.3, -0.25) is 10.2 Å². The Balaban J connectivity index is 1.66. The van der Waals surface area contributed by atoms with Crippen LogP contribution in [0.25, 0.3) is 11.9 Å². The Morgan fingerprint density at radius 2 is 2.04 bits per heavy atom. The van der Waals surface area contributed by atoms with E-state index in [1.54, 1.807) is 47.3 Å². The number of thioether (sulfide) groups is 1. The van der Waals surface area contributed by atoms with Crippen LogP contribution in [0.1, 0.15) is 12.5 Å². The number of hydrogen-bond acceptors (Lipinski definition) is 8. The zero-order valence-corrected chi connectivity index (χ0v) is 15.5. The summed E-state index contributed by atoms with van der Waals surface area (Å²) in [7, 11) is 0. The third-order valence-electron chi connectivity index (χ3n) is 3.92. The number of nitrogens with zero attached hydrogens (tertiary/aromatic N) is 4. The highest BCUT2D eigenvalue weighted by molar-refractivity contribution is 8.19. The van der Waals surface area contributed by atoms with Gasteiger partial charge in [-0.05, 0) is 64.9 Å². The van der Waals surface area contributed by atoms with Crippen molar-refractivity contribution in [3.8, 4) is 17.3 Å². The molecular weight excluding hydrogens is 382 g/mol. The van der Waals surface area contributed by atoms with Gasteiger partial charge in [0.05, 0.1) is 11.5 Å². The number of carbonyl (C=O) groups is 1. The van der Waals surface area contributed by atoms with Crippen LogP contribution < -0.4 is 9.64 Å². The average Bonchev–Trinajstić information content (AvgIpc) is 3.39. The molecule has 0 atom stereocenters. The summed E-state index contributed by atoms with van der Waals surface area (Å²) < 4.78 is 11.8. The number of amidine groups is 1. The van der Waals surface area contributed by atoms with Gasteiger partial charge >= 0.3 is 0 Å². The van der Waals surface area contributed by atoms with Crippen LogP contribution in [0, 0.1) is 5.41 Å². The molecular formula is C18H15N5O4S. The van der Waals surface area contributed by atoms with E-state index in [1.165, 1.54) is 6.07 Å². The van der Waals surface area contributed by atoms with Crippen molar-refractivity contribution in [1.82, 2.24) is 14.9 Å². The molecule has 0 radical (unpaired) electrons. The number of benzene rings is 1. The van der Waals surface area contributed by atoms with Crippen LogP contribution in [0.4, 0.5) is 5.82 Å². The molecule has 9 nitrogen and oxygen atoms in total. The van der Waals surface area contributed by atoms with Crippen LogP contribution in [-0.4, -0.2) is 37.7 Å². The summed E-state index contributed by atoms with van der Waals surface area (Å²) in [5.74, 6) is 0.393. The highest BCUT2D eigenvalue weighted by Crippen LogP contribution is 2.37. The summed E-state index contributed by atoms with van der Waals surface area (Å²) in [6.07, 6.45) is 5.11. The minimum atomic E-state index is -0.412. The quantitative estimate of drug-likeness (QED) is 0.635. The first-order chi connectivity index (χ1) is 13.6. The number of phenolic OH excluding ortho intramolecular Hbond substituents is 1. The smallest absolute Gasteiger partial charge is 0.272 e. The maximum absolute atomic E-state index is 12.9. The van der Waals surface area contributed by atoms with Gasteiger partial charge in [-0.25, -0.2) is 9.53 Å². The highest BCUT2D eigenvalue weighted by Gasteiger charge is 2.37. The van der Waals surface area contributed by atoms with Gasteiger partial charge in [0, 0.05) is 12.4 Å². The molecule has 0 unspecified atom stereocenters. The van der Waals surface area contributed by atoms with Gasteiger partial charge in [0.2, 0.25) is 11.6 Å². The monoisotopic (exact) mass is 397 g/mol. The molecule has 3 heterocycles. The third kappa shape index (κ3) is 3.14. The van der Waals surface area contributed by atoms with E-state index in [-0.39, 0.29) is 16.7 Å². The second-order valence-corrected chi connectivity index (χ2v) is 6.75. The van der Waals surface area contributed by atoms with Crippen LogP contribution >= 0.6 is 11.8 Å². The normalized spacial score (nSPS) is 15.6. The fourth-order valence-corrected chi connectivity index (χ4v) is 3.52. The highest BCUT2D eigenvalue weighted by atomic mass is 32.2. The molecule has 4 rings (SSSR count). The fraction of sp³-hybridized carbons (Fsp3) is 0.111. The molecule has 0 spiro atoms.